The molecule has 0 fully saturated rings. The van der Waals surface area contributed by atoms with Crippen molar-refractivity contribution >= 4 is 0 Å². The van der Waals surface area contributed by atoms with Gasteiger partial charge in [-0.05, 0) is 43.8 Å². The fourth-order valence-electron chi connectivity index (χ4n) is 1.57. The molecule has 0 saturated carbocycles. The van der Waals surface area contributed by atoms with Crippen LogP contribution in [0, 0.1) is 5.92 Å². The van der Waals surface area contributed by atoms with Crippen molar-refractivity contribution in [3.8, 4) is 0 Å². The molecule has 0 spiro atoms. The Morgan fingerprint density at radius 3 is 2.80 bits per heavy atom. The van der Waals surface area contributed by atoms with Gasteiger partial charge in [-0.2, -0.15) is 5.10 Å². The number of aromatic nitrogens is 2. The largest absolute Gasteiger partial charge is 0.316 e. The third kappa shape index (κ3) is 5.57. The van der Waals surface area contributed by atoms with Crippen LogP contribution in [0.15, 0.2) is 12.4 Å². The highest BCUT2D eigenvalue weighted by Crippen LogP contribution is 2.02. The molecule has 1 heterocycles. The fourth-order valence-corrected chi connectivity index (χ4v) is 1.57. The maximum atomic E-state index is 4.16. The van der Waals surface area contributed by atoms with Crippen molar-refractivity contribution in [2.75, 3.05) is 13.1 Å². The topological polar surface area (TPSA) is 29.9 Å². The van der Waals surface area contributed by atoms with Crippen molar-refractivity contribution in [1.82, 2.24) is 15.1 Å². The van der Waals surface area contributed by atoms with E-state index in [1.807, 2.05) is 17.9 Å². The average molecular weight is 209 g/mol. The van der Waals surface area contributed by atoms with E-state index in [1.54, 1.807) is 0 Å². The van der Waals surface area contributed by atoms with E-state index in [0.717, 1.165) is 25.4 Å². The van der Waals surface area contributed by atoms with Gasteiger partial charge in [0.25, 0.3) is 0 Å². The standard InChI is InChI=1S/C12H23N3/c1-11(2)8-13-7-5-4-6-12-9-14-15(3)10-12/h9-11,13H,4-8H2,1-3H3. The van der Waals surface area contributed by atoms with Crippen LogP contribution < -0.4 is 5.32 Å². The molecule has 1 N–H and O–H groups in total. The molecule has 0 aliphatic heterocycles. The van der Waals surface area contributed by atoms with Crippen LogP contribution in [0.4, 0.5) is 0 Å². The normalized spacial score (nSPS) is 11.2. The van der Waals surface area contributed by atoms with Crippen LogP contribution >= 0.6 is 0 Å². The first-order valence-electron chi connectivity index (χ1n) is 5.86. The van der Waals surface area contributed by atoms with Gasteiger partial charge >= 0.3 is 0 Å². The van der Waals surface area contributed by atoms with E-state index in [9.17, 15) is 0 Å². The number of nitrogens with one attached hydrogen (secondary N) is 1. The molecule has 0 unspecified atom stereocenters. The zero-order chi connectivity index (χ0) is 11.1. The number of nitrogens with zero attached hydrogens (tertiary/aromatic N) is 2. The minimum Gasteiger partial charge on any atom is -0.316 e. The van der Waals surface area contributed by atoms with Gasteiger partial charge in [-0.3, -0.25) is 4.68 Å². The van der Waals surface area contributed by atoms with Crippen LogP contribution in [0.2, 0.25) is 0 Å². The molecule has 86 valence electrons. The molecule has 1 aromatic heterocycles. The molecule has 0 radical (unpaired) electrons. The number of unbranched alkanes of at least 4 members (excludes halogenated alkanes) is 1. The SMILES string of the molecule is CC(C)CNCCCCc1cnn(C)c1. The maximum absolute atomic E-state index is 4.16. The second kappa shape index (κ2) is 6.62. The van der Waals surface area contributed by atoms with Gasteiger partial charge in [-0.15, -0.1) is 0 Å². The predicted molar refractivity (Wildman–Crippen MR) is 63.9 cm³/mol. The van der Waals surface area contributed by atoms with E-state index in [-0.39, 0.29) is 0 Å². The van der Waals surface area contributed by atoms with Crippen molar-refractivity contribution in [3.63, 3.8) is 0 Å². The van der Waals surface area contributed by atoms with Gasteiger partial charge in [0.2, 0.25) is 0 Å². The maximum Gasteiger partial charge on any atom is 0.0521 e. The van der Waals surface area contributed by atoms with Crippen LogP contribution in [0.25, 0.3) is 0 Å². The van der Waals surface area contributed by atoms with Gasteiger partial charge in [0.05, 0.1) is 6.20 Å². The summed E-state index contributed by atoms with van der Waals surface area (Å²) in [6.45, 7) is 6.75. The Balaban J connectivity index is 1.98. The summed E-state index contributed by atoms with van der Waals surface area (Å²) < 4.78 is 1.87. The lowest BCUT2D eigenvalue weighted by molar-refractivity contribution is 0.535. The van der Waals surface area contributed by atoms with Crippen LogP contribution in [0.1, 0.15) is 32.3 Å². The Morgan fingerprint density at radius 2 is 2.20 bits per heavy atom. The molecular formula is C12H23N3. The van der Waals surface area contributed by atoms with Crippen molar-refractivity contribution in [1.29, 1.82) is 0 Å². The highest BCUT2D eigenvalue weighted by atomic mass is 15.2. The molecule has 3 nitrogen and oxygen atoms in total. The van der Waals surface area contributed by atoms with Gasteiger partial charge < -0.3 is 5.32 Å². The summed E-state index contributed by atoms with van der Waals surface area (Å²) in [5, 5.41) is 7.61. The minimum absolute atomic E-state index is 0.753. The molecular weight excluding hydrogens is 186 g/mol. The molecule has 0 saturated heterocycles. The summed E-state index contributed by atoms with van der Waals surface area (Å²) in [4.78, 5) is 0. The Kier molecular flexibility index (Phi) is 5.40. The molecule has 0 aliphatic carbocycles. The third-order valence-electron chi connectivity index (χ3n) is 2.38. The fraction of sp³-hybridized carbons (Fsp3) is 0.750. The monoisotopic (exact) mass is 209 g/mol. The Morgan fingerprint density at radius 1 is 1.40 bits per heavy atom. The summed E-state index contributed by atoms with van der Waals surface area (Å²) in [5.41, 5.74) is 1.35. The number of aryl methyl sites for hydroxylation is 2. The van der Waals surface area contributed by atoms with Gasteiger partial charge in [-0.25, -0.2) is 0 Å². The highest BCUT2D eigenvalue weighted by molar-refractivity contribution is 5.03. The van der Waals surface area contributed by atoms with Crippen LogP contribution in [0.3, 0.4) is 0 Å². The molecule has 0 bridgehead atoms. The van der Waals surface area contributed by atoms with Crippen LogP contribution in [-0.4, -0.2) is 22.9 Å². The highest BCUT2D eigenvalue weighted by Gasteiger charge is 1.96. The molecule has 0 aliphatic rings. The van der Waals surface area contributed by atoms with Gasteiger partial charge in [0.1, 0.15) is 0 Å². The molecule has 0 aromatic carbocycles. The lowest BCUT2D eigenvalue weighted by Crippen LogP contribution is -2.20. The smallest absolute Gasteiger partial charge is 0.0521 e. The summed E-state index contributed by atoms with van der Waals surface area (Å²) in [6, 6.07) is 0. The van der Waals surface area contributed by atoms with Crippen LogP contribution in [0.5, 0.6) is 0 Å². The quantitative estimate of drug-likeness (QED) is 0.696. The lowest BCUT2D eigenvalue weighted by Gasteiger charge is -2.06. The number of hydrogen-bond donors (Lipinski definition) is 1. The molecule has 3 heteroatoms. The molecule has 0 amide bonds. The second-order valence-electron chi connectivity index (χ2n) is 4.58. The average Bonchev–Trinajstić information content (AvgIpc) is 2.57. The molecule has 0 atom stereocenters. The van der Waals surface area contributed by atoms with E-state index >= 15 is 0 Å². The zero-order valence-corrected chi connectivity index (χ0v) is 10.2. The molecule has 1 aromatic rings. The Hall–Kier alpha value is -0.830. The van der Waals surface area contributed by atoms with E-state index in [0.29, 0.717) is 0 Å². The number of hydrogen-bond acceptors (Lipinski definition) is 2. The Labute approximate surface area is 92.9 Å². The van der Waals surface area contributed by atoms with Crippen molar-refractivity contribution in [3.05, 3.63) is 18.0 Å². The van der Waals surface area contributed by atoms with Crippen molar-refractivity contribution in [2.45, 2.75) is 33.1 Å². The first-order chi connectivity index (χ1) is 7.18. The van der Waals surface area contributed by atoms with Gasteiger partial charge in [0.15, 0.2) is 0 Å². The van der Waals surface area contributed by atoms with Gasteiger partial charge in [0, 0.05) is 13.2 Å². The van der Waals surface area contributed by atoms with E-state index in [4.69, 9.17) is 0 Å². The van der Waals surface area contributed by atoms with Crippen molar-refractivity contribution < 1.29 is 0 Å². The van der Waals surface area contributed by atoms with Gasteiger partial charge in [-0.1, -0.05) is 13.8 Å². The summed E-state index contributed by atoms with van der Waals surface area (Å²) >= 11 is 0. The Bertz CT molecular complexity index is 266. The predicted octanol–water partition coefficient (Wildman–Crippen LogP) is 1.99. The second-order valence-corrected chi connectivity index (χ2v) is 4.58. The summed E-state index contributed by atoms with van der Waals surface area (Å²) in [7, 11) is 1.97. The third-order valence-corrected chi connectivity index (χ3v) is 2.38. The van der Waals surface area contributed by atoms with E-state index in [2.05, 4.69) is 30.5 Å². The first-order valence-corrected chi connectivity index (χ1v) is 5.86. The number of rotatable bonds is 7. The summed E-state index contributed by atoms with van der Waals surface area (Å²) in [5.74, 6) is 0.753. The zero-order valence-electron chi connectivity index (χ0n) is 10.2. The first kappa shape index (κ1) is 12.2. The van der Waals surface area contributed by atoms with Crippen LogP contribution in [-0.2, 0) is 13.5 Å². The summed E-state index contributed by atoms with van der Waals surface area (Å²) in [6.07, 6.45) is 7.71. The minimum atomic E-state index is 0.753. The van der Waals surface area contributed by atoms with E-state index < -0.39 is 0 Å². The molecule has 1 rings (SSSR count). The lowest BCUT2D eigenvalue weighted by atomic mass is 10.1. The molecule has 15 heavy (non-hydrogen) atoms. The van der Waals surface area contributed by atoms with Crippen molar-refractivity contribution in [2.24, 2.45) is 13.0 Å². The van der Waals surface area contributed by atoms with E-state index in [1.165, 1.54) is 18.4 Å².